The van der Waals surface area contributed by atoms with E-state index in [2.05, 4.69) is 26.3 Å². The number of nitrogens with one attached hydrogen (secondary N) is 1. The minimum absolute atomic E-state index is 0.275. The van der Waals surface area contributed by atoms with Gasteiger partial charge in [0, 0.05) is 28.7 Å². The molecule has 1 aromatic carbocycles. The van der Waals surface area contributed by atoms with Crippen molar-refractivity contribution in [3.63, 3.8) is 0 Å². The number of aryl methyl sites for hydroxylation is 2. The molecule has 5 nitrogen and oxygen atoms in total. The summed E-state index contributed by atoms with van der Waals surface area (Å²) in [5, 5.41) is 7.70. The summed E-state index contributed by atoms with van der Waals surface area (Å²) in [5.41, 5.74) is 2.16. The van der Waals surface area contributed by atoms with Gasteiger partial charge < -0.3 is 9.73 Å². The maximum absolute atomic E-state index is 12.2. The quantitative estimate of drug-likeness (QED) is 0.780. The molecule has 6 heteroatoms. The molecule has 0 aliphatic carbocycles. The molecule has 1 N–H and O–H groups in total. The van der Waals surface area contributed by atoms with E-state index in [1.807, 2.05) is 25.1 Å². The Morgan fingerprint density at radius 1 is 1.45 bits per heavy atom. The predicted octanol–water partition coefficient (Wildman–Crippen LogP) is 3.49. The fourth-order valence-electron chi connectivity index (χ4n) is 2.08. The number of benzene rings is 1. The molecule has 0 spiro atoms. The van der Waals surface area contributed by atoms with Gasteiger partial charge in [0.05, 0.1) is 11.9 Å². The van der Waals surface area contributed by atoms with Crippen LogP contribution in [0.25, 0.3) is 11.0 Å². The molecule has 0 aliphatic rings. The molecular formula is C14H12BrN3O2. The lowest BCUT2D eigenvalue weighted by Crippen LogP contribution is -2.11. The maximum Gasteiger partial charge on any atom is 0.291 e. The SMILES string of the molecule is Cc1c(C(=O)Nc2cnn(C)c2)oc2ccc(Br)cc12. The van der Waals surface area contributed by atoms with Gasteiger partial charge in [-0.3, -0.25) is 9.48 Å². The number of halogens is 1. The largest absolute Gasteiger partial charge is 0.451 e. The number of hydrogen-bond acceptors (Lipinski definition) is 3. The minimum Gasteiger partial charge on any atom is -0.451 e. The number of hydrogen-bond donors (Lipinski definition) is 1. The molecule has 0 unspecified atom stereocenters. The molecule has 0 saturated carbocycles. The normalized spacial score (nSPS) is 10.9. The lowest BCUT2D eigenvalue weighted by atomic mass is 10.1. The summed E-state index contributed by atoms with van der Waals surface area (Å²) < 4.78 is 8.21. The molecule has 2 heterocycles. The maximum atomic E-state index is 12.2. The van der Waals surface area contributed by atoms with Gasteiger partial charge in [0.1, 0.15) is 5.58 Å². The number of furan rings is 1. The van der Waals surface area contributed by atoms with E-state index < -0.39 is 0 Å². The van der Waals surface area contributed by atoms with Crippen LogP contribution in [0.5, 0.6) is 0 Å². The van der Waals surface area contributed by atoms with E-state index in [0.29, 0.717) is 17.0 Å². The van der Waals surface area contributed by atoms with Crippen molar-refractivity contribution in [3.8, 4) is 0 Å². The molecule has 3 rings (SSSR count). The van der Waals surface area contributed by atoms with Crippen LogP contribution in [0, 0.1) is 6.92 Å². The van der Waals surface area contributed by atoms with Crippen molar-refractivity contribution in [2.75, 3.05) is 5.32 Å². The van der Waals surface area contributed by atoms with E-state index in [4.69, 9.17) is 4.42 Å². The monoisotopic (exact) mass is 333 g/mol. The van der Waals surface area contributed by atoms with Crippen molar-refractivity contribution in [1.29, 1.82) is 0 Å². The van der Waals surface area contributed by atoms with Crippen molar-refractivity contribution in [2.24, 2.45) is 7.05 Å². The van der Waals surface area contributed by atoms with Crippen molar-refractivity contribution in [1.82, 2.24) is 9.78 Å². The lowest BCUT2D eigenvalue weighted by molar-refractivity contribution is 0.0998. The van der Waals surface area contributed by atoms with Crippen LogP contribution < -0.4 is 5.32 Å². The Labute approximate surface area is 123 Å². The van der Waals surface area contributed by atoms with E-state index in [0.717, 1.165) is 15.4 Å². The summed E-state index contributed by atoms with van der Waals surface area (Å²) in [6.45, 7) is 1.87. The average Bonchev–Trinajstić information content (AvgIpc) is 2.94. The summed E-state index contributed by atoms with van der Waals surface area (Å²) in [5.74, 6) is 0.0461. The Morgan fingerprint density at radius 3 is 2.95 bits per heavy atom. The van der Waals surface area contributed by atoms with Gasteiger partial charge in [0.2, 0.25) is 0 Å². The van der Waals surface area contributed by atoms with Gasteiger partial charge in [0.15, 0.2) is 5.76 Å². The Kier molecular flexibility index (Phi) is 3.10. The van der Waals surface area contributed by atoms with Crippen LogP contribution in [0.4, 0.5) is 5.69 Å². The third-order valence-corrected chi connectivity index (χ3v) is 3.56. The van der Waals surface area contributed by atoms with Crippen molar-refractivity contribution >= 4 is 38.5 Å². The van der Waals surface area contributed by atoms with Gasteiger partial charge >= 0.3 is 0 Å². The average molecular weight is 334 g/mol. The summed E-state index contributed by atoms with van der Waals surface area (Å²) in [4.78, 5) is 12.2. The molecule has 0 atom stereocenters. The fourth-order valence-corrected chi connectivity index (χ4v) is 2.44. The molecule has 20 heavy (non-hydrogen) atoms. The molecule has 0 bridgehead atoms. The first kappa shape index (κ1) is 12.9. The zero-order chi connectivity index (χ0) is 14.3. The highest BCUT2D eigenvalue weighted by Gasteiger charge is 2.18. The minimum atomic E-state index is -0.275. The molecule has 102 valence electrons. The van der Waals surface area contributed by atoms with Gasteiger partial charge in [-0.05, 0) is 25.1 Å². The van der Waals surface area contributed by atoms with E-state index in [-0.39, 0.29) is 5.91 Å². The molecule has 0 fully saturated rings. The van der Waals surface area contributed by atoms with Gasteiger partial charge in [-0.2, -0.15) is 5.10 Å². The zero-order valence-corrected chi connectivity index (χ0v) is 12.6. The number of amides is 1. The van der Waals surface area contributed by atoms with E-state index in [9.17, 15) is 4.79 Å². The fraction of sp³-hybridized carbons (Fsp3) is 0.143. The molecule has 2 aromatic heterocycles. The second kappa shape index (κ2) is 4.79. The second-order valence-corrected chi connectivity index (χ2v) is 5.47. The number of fused-ring (bicyclic) bond motifs is 1. The van der Waals surface area contributed by atoms with Crippen LogP contribution in [-0.4, -0.2) is 15.7 Å². The number of anilines is 1. The molecule has 0 saturated heterocycles. The highest BCUT2D eigenvalue weighted by molar-refractivity contribution is 9.10. The third kappa shape index (κ3) is 2.22. The molecule has 1 amide bonds. The Morgan fingerprint density at radius 2 is 2.25 bits per heavy atom. The summed E-state index contributed by atoms with van der Waals surface area (Å²) in [6.07, 6.45) is 3.32. The molecule has 0 radical (unpaired) electrons. The Balaban J connectivity index is 1.97. The number of aromatic nitrogens is 2. The van der Waals surface area contributed by atoms with Gasteiger partial charge in [0.25, 0.3) is 5.91 Å². The van der Waals surface area contributed by atoms with Gasteiger partial charge in [-0.25, -0.2) is 0 Å². The predicted molar refractivity (Wildman–Crippen MR) is 79.8 cm³/mol. The van der Waals surface area contributed by atoms with Gasteiger partial charge in [-0.15, -0.1) is 0 Å². The standard InChI is InChI=1S/C14H12BrN3O2/c1-8-11-5-9(15)3-4-12(11)20-13(8)14(19)17-10-6-16-18(2)7-10/h3-7H,1-2H3,(H,17,19). The van der Waals surface area contributed by atoms with E-state index >= 15 is 0 Å². The second-order valence-electron chi connectivity index (χ2n) is 4.55. The summed E-state index contributed by atoms with van der Waals surface area (Å²) >= 11 is 3.42. The molecule has 0 aliphatic heterocycles. The van der Waals surface area contributed by atoms with Crippen LogP contribution in [0.15, 0.2) is 39.5 Å². The summed E-state index contributed by atoms with van der Waals surface area (Å²) in [7, 11) is 1.79. The molecule has 3 aromatic rings. The van der Waals surface area contributed by atoms with Crippen molar-refractivity contribution < 1.29 is 9.21 Å². The van der Waals surface area contributed by atoms with E-state index in [1.54, 1.807) is 24.1 Å². The van der Waals surface area contributed by atoms with Crippen molar-refractivity contribution in [3.05, 3.63) is 46.4 Å². The van der Waals surface area contributed by atoms with Crippen molar-refractivity contribution in [2.45, 2.75) is 6.92 Å². The first-order chi connectivity index (χ1) is 9.54. The number of rotatable bonds is 2. The van der Waals surface area contributed by atoms with Crippen LogP contribution in [0.1, 0.15) is 16.1 Å². The molecular weight excluding hydrogens is 322 g/mol. The zero-order valence-electron chi connectivity index (χ0n) is 11.0. The first-order valence-corrected chi connectivity index (χ1v) is 6.82. The third-order valence-electron chi connectivity index (χ3n) is 3.07. The topological polar surface area (TPSA) is 60.1 Å². The smallest absolute Gasteiger partial charge is 0.291 e. The van der Waals surface area contributed by atoms with Gasteiger partial charge in [-0.1, -0.05) is 15.9 Å². The number of nitrogens with zero attached hydrogens (tertiary/aromatic N) is 2. The highest BCUT2D eigenvalue weighted by atomic mass is 79.9. The Bertz CT molecular complexity index is 804. The van der Waals surface area contributed by atoms with Crippen LogP contribution in [0.3, 0.4) is 0 Å². The Hall–Kier alpha value is -2.08. The van der Waals surface area contributed by atoms with Crippen LogP contribution in [0.2, 0.25) is 0 Å². The number of carbonyl (C=O) groups excluding carboxylic acids is 1. The number of carbonyl (C=O) groups is 1. The van der Waals surface area contributed by atoms with E-state index in [1.165, 1.54) is 0 Å². The lowest BCUT2D eigenvalue weighted by Gasteiger charge is -1.99. The first-order valence-electron chi connectivity index (χ1n) is 6.03. The van der Waals surface area contributed by atoms with Crippen LogP contribution >= 0.6 is 15.9 Å². The van der Waals surface area contributed by atoms with Crippen LogP contribution in [-0.2, 0) is 7.05 Å². The highest BCUT2D eigenvalue weighted by Crippen LogP contribution is 2.28. The summed E-state index contributed by atoms with van der Waals surface area (Å²) in [6, 6.07) is 5.66.